The fourth-order valence-electron chi connectivity index (χ4n) is 2.05. The van der Waals surface area contributed by atoms with Gasteiger partial charge in [-0.15, -0.1) is 0 Å². The molecule has 0 saturated carbocycles. The number of nitrogens with one attached hydrogen (secondary N) is 1. The van der Waals surface area contributed by atoms with Crippen molar-refractivity contribution in [2.45, 2.75) is 38.3 Å². The minimum Gasteiger partial charge on any atom is -0.380 e. The molecule has 5 nitrogen and oxygen atoms in total. The van der Waals surface area contributed by atoms with Crippen LogP contribution >= 0.6 is 0 Å². The Balaban J connectivity index is 2.27. The normalized spacial score (nSPS) is 21.9. The summed E-state index contributed by atoms with van der Waals surface area (Å²) in [6.07, 6.45) is 2.86. The van der Waals surface area contributed by atoms with Gasteiger partial charge in [-0.05, 0) is 32.9 Å². The summed E-state index contributed by atoms with van der Waals surface area (Å²) in [6.45, 7) is 5.44. The van der Waals surface area contributed by atoms with Gasteiger partial charge in [0.25, 0.3) is 0 Å². The Hall–Kier alpha value is -0.650. The SMILES string of the molecule is CCCNC(CCN(C)C1CCOC1)C(N)=O. The van der Waals surface area contributed by atoms with E-state index < -0.39 is 0 Å². The third-order valence-electron chi connectivity index (χ3n) is 3.28. The van der Waals surface area contributed by atoms with Crippen molar-refractivity contribution < 1.29 is 9.53 Å². The molecule has 0 aromatic heterocycles. The van der Waals surface area contributed by atoms with Crippen molar-refractivity contribution in [2.24, 2.45) is 5.73 Å². The smallest absolute Gasteiger partial charge is 0.234 e. The van der Waals surface area contributed by atoms with E-state index in [2.05, 4.69) is 24.2 Å². The number of carbonyl (C=O) groups is 1. The van der Waals surface area contributed by atoms with Crippen molar-refractivity contribution in [3.8, 4) is 0 Å². The molecule has 1 rings (SSSR count). The number of ether oxygens (including phenoxy) is 1. The first-order valence-electron chi connectivity index (χ1n) is 6.45. The number of primary amides is 1. The molecule has 0 radical (unpaired) electrons. The number of carbonyl (C=O) groups excluding carboxylic acids is 1. The van der Waals surface area contributed by atoms with Gasteiger partial charge in [0.15, 0.2) is 0 Å². The van der Waals surface area contributed by atoms with Gasteiger partial charge in [-0.3, -0.25) is 4.79 Å². The molecule has 1 aliphatic heterocycles. The second-order valence-electron chi connectivity index (χ2n) is 4.70. The van der Waals surface area contributed by atoms with Crippen LogP contribution < -0.4 is 11.1 Å². The monoisotopic (exact) mass is 243 g/mol. The van der Waals surface area contributed by atoms with E-state index in [1.54, 1.807) is 0 Å². The lowest BCUT2D eigenvalue weighted by Crippen LogP contribution is -2.44. The predicted octanol–water partition coefficient (Wildman–Crippen LogP) is -0.0493. The summed E-state index contributed by atoms with van der Waals surface area (Å²) in [5.74, 6) is -0.255. The van der Waals surface area contributed by atoms with Gasteiger partial charge in [0.05, 0.1) is 12.6 Å². The first kappa shape index (κ1) is 14.4. The summed E-state index contributed by atoms with van der Waals surface area (Å²) >= 11 is 0. The first-order valence-corrected chi connectivity index (χ1v) is 6.45. The highest BCUT2D eigenvalue weighted by Gasteiger charge is 2.22. The number of nitrogens with two attached hydrogens (primary N) is 1. The van der Waals surface area contributed by atoms with Gasteiger partial charge in [-0.25, -0.2) is 0 Å². The fraction of sp³-hybridized carbons (Fsp3) is 0.917. The highest BCUT2D eigenvalue weighted by Crippen LogP contribution is 2.11. The van der Waals surface area contributed by atoms with Crippen LogP contribution in [0.15, 0.2) is 0 Å². The van der Waals surface area contributed by atoms with Crippen LogP contribution in [-0.4, -0.2) is 56.2 Å². The molecule has 1 saturated heterocycles. The number of hydrogen-bond donors (Lipinski definition) is 2. The van der Waals surface area contributed by atoms with Gasteiger partial charge in [0.2, 0.25) is 5.91 Å². The molecule has 1 heterocycles. The molecule has 5 heteroatoms. The van der Waals surface area contributed by atoms with Crippen molar-refractivity contribution in [2.75, 3.05) is 33.4 Å². The number of likely N-dealkylation sites (N-methyl/N-ethyl adjacent to an activating group) is 1. The van der Waals surface area contributed by atoms with E-state index in [1.807, 2.05) is 0 Å². The van der Waals surface area contributed by atoms with Crippen LogP contribution in [0.4, 0.5) is 0 Å². The first-order chi connectivity index (χ1) is 8.15. The van der Waals surface area contributed by atoms with E-state index in [9.17, 15) is 4.79 Å². The molecular formula is C12H25N3O2. The summed E-state index contributed by atoms with van der Waals surface area (Å²) in [6, 6.07) is 0.287. The summed E-state index contributed by atoms with van der Waals surface area (Å²) in [4.78, 5) is 13.5. The maximum Gasteiger partial charge on any atom is 0.234 e. The summed E-state index contributed by atoms with van der Waals surface area (Å²) < 4.78 is 5.35. The fourth-order valence-corrected chi connectivity index (χ4v) is 2.05. The van der Waals surface area contributed by atoms with E-state index >= 15 is 0 Å². The summed E-state index contributed by atoms with van der Waals surface area (Å²) in [5, 5.41) is 3.18. The van der Waals surface area contributed by atoms with Gasteiger partial charge in [0.1, 0.15) is 0 Å². The molecule has 3 N–H and O–H groups in total. The van der Waals surface area contributed by atoms with Crippen LogP contribution in [0.1, 0.15) is 26.2 Å². The van der Waals surface area contributed by atoms with E-state index in [4.69, 9.17) is 10.5 Å². The molecule has 0 spiro atoms. The molecule has 17 heavy (non-hydrogen) atoms. The Morgan fingerprint density at radius 3 is 2.94 bits per heavy atom. The molecule has 1 aliphatic rings. The van der Waals surface area contributed by atoms with Crippen molar-refractivity contribution in [3.05, 3.63) is 0 Å². The Morgan fingerprint density at radius 1 is 1.65 bits per heavy atom. The summed E-state index contributed by atoms with van der Waals surface area (Å²) in [7, 11) is 2.08. The highest BCUT2D eigenvalue weighted by atomic mass is 16.5. The van der Waals surface area contributed by atoms with Gasteiger partial charge in [-0.2, -0.15) is 0 Å². The molecule has 0 aromatic rings. The number of rotatable bonds is 8. The minimum absolute atomic E-state index is 0.209. The van der Waals surface area contributed by atoms with Gasteiger partial charge in [-0.1, -0.05) is 6.92 Å². The molecule has 0 aliphatic carbocycles. The lowest BCUT2D eigenvalue weighted by Gasteiger charge is -2.25. The zero-order valence-corrected chi connectivity index (χ0v) is 10.9. The third kappa shape index (κ3) is 5.02. The average molecular weight is 243 g/mol. The number of amides is 1. The van der Waals surface area contributed by atoms with Crippen LogP contribution in [-0.2, 0) is 9.53 Å². The Bertz CT molecular complexity index is 230. The van der Waals surface area contributed by atoms with E-state index in [0.717, 1.165) is 45.6 Å². The maximum atomic E-state index is 11.3. The Morgan fingerprint density at radius 2 is 2.41 bits per heavy atom. The highest BCUT2D eigenvalue weighted by molar-refractivity contribution is 5.79. The second kappa shape index (κ2) is 7.63. The van der Waals surface area contributed by atoms with Crippen molar-refractivity contribution in [1.29, 1.82) is 0 Å². The molecular weight excluding hydrogens is 218 g/mol. The van der Waals surface area contributed by atoms with Crippen molar-refractivity contribution in [1.82, 2.24) is 10.2 Å². The summed E-state index contributed by atoms with van der Waals surface area (Å²) in [5.41, 5.74) is 5.37. The topological polar surface area (TPSA) is 67.6 Å². The largest absolute Gasteiger partial charge is 0.380 e. The molecule has 0 aromatic carbocycles. The Labute approximate surface area is 104 Å². The average Bonchev–Trinajstić information content (AvgIpc) is 2.81. The number of hydrogen-bond acceptors (Lipinski definition) is 4. The number of nitrogens with zero attached hydrogens (tertiary/aromatic N) is 1. The predicted molar refractivity (Wildman–Crippen MR) is 67.7 cm³/mol. The van der Waals surface area contributed by atoms with Gasteiger partial charge < -0.3 is 20.7 Å². The molecule has 0 bridgehead atoms. The zero-order chi connectivity index (χ0) is 12.7. The third-order valence-corrected chi connectivity index (χ3v) is 3.28. The lowest BCUT2D eigenvalue weighted by atomic mass is 10.1. The second-order valence-corrected chi connectivity index (χ2v) is 4.70. The van der Waals surface area contributed by atoms with Crippen molar-refractivity contribution in [3.63, 3.8) is 0 Å². The molecule has 100 valence electrons. The van der Waals surface area contributed by atoms with E-state index in [-0.39, 0.29) is 11.9 Å². The van der Waals surface area contributed by atoms with E-state index in [0.29, 0.717) is 6.04 Å². The molecule has 2 unspecified atom stereocenters. The molecule has 1 amide bonds. The quantitative estimate of drug-likeness (QED) is 0.627. The zero-order valence-electron chi connectivity index (χ0n) is 10.9. The lowest BCUT2D eigenvalue weighted by molar-refractivity contribution is -0.120. The van der Waals surface area contributed by atoms with Gasteiger partial charge in [0, 0.05) is 19.2 Å². The maximum absolute atomic E-state index is 11.3. The van der Waals surface area contributed by atoms with Crippen molar-refractivity contribution >= 4 is 5.91 Å². The van der Waals surface area contributed by atoms with Crippen LogP contribution in [0.3, 0.4) is 0 Å². The van der Waals surface area contributed by atoms with E-state index in [1.165, 1.54) is 0 Å². The standard InChI is InChI=1S/C12H25N3O2/c1-3-6-14-11(12(13)16)4-7-15(2)10-5-8-17-9-10/h10-11,14H,3-9H2,1-2H3,(H2,13,16). The van der Waals surface area contributed by atoms with Crippen LogP contribution in [0.25, 0.3) is 0 Å². The molecule has 2 atom stereocenters. The van der Waals surface area contributed by atoms with Gasteiger partial charge >= 0.3 is 0 Å². The van der Waals surface area contributed by atoms with Crippen LogP contribution in [0, 0.1) is 0 Å². The van der Waals surface area contributed by atoms with Crippen LogP contribution in [0.2, 0.25) is 0 Å². The minimum atomic E-state index is -0.255. The Kier molecular flexibility index (Phi) is 6.47. The van der Waals surface area contributed by atoms with Crippen LogP contribution in [0.5, 0.6) is 0 Å². The molecule has 1 fully saturated rings.